The molecular formula is C19H25NO3. The van der Waals surface area contributed by atoms with Gasteiger partial charge in [-0.25, -0.2) is 0 Å². The van der Waals surface area contributed by atoms with E-state index >= 15 is 0 Å². The van der Waals surface area contributed by atoms with E-state index in [0.717, 1.165) is 49.6 Å². The predicted molar refractivity (Wildman–Crippen MR) is 90.6 cm³/mol. The van der Waals surface area contributed by atoms with Crippen molar-refractivity contribution in [2.75, 3.05) is 33.4 Å². The average Bonchev–Trinajstić information content (AvgIpc) is 2.62. The van der Waals surface area contributed by atoms with Crippen LogP contribution in [0, 0.1) is 0 Å². The maximum Gasteiger partial charge on any atom is 0.118 e. The van der Waals surface area contributed by atoms with Crippen LogP contribution in [0.25, 0.3) is 0 Å². The summed E-state index contributed by atoms with van der Waals surface area (Å²) < 4.78 is 10.6. The lowest BCUT2D eigenvalue weighted by Crippen LogP contribution is -2.43. The summed E-state index contributed by atoms with van der Waals surface area (Å²) in [6, 6.07) is 8.01. The predicted octanol–water partition coefficient (Wildman–Crippen LogP) is 2.49. The number of rotatable bonds is 4. The standard InChI is InChI=1S/C19H25NO3/c1-19(21,16-5-9-18(22-2)10-6-16)15-3-7-17(8-4-15)20-11-13-23-14-12-20/h3-7,9-10,17,21H,8,11-14H2,1-2H3. The van der Waals surface area contributed by atoms with Gasteiger partial charge in [0.05, 0.1) is 20.3 Å². The highest BCUT2D eigenvalue weighted by Crippen LogP contribution is 2.33. The monoisotopic (exact) mass is 315 g/mol. The van der Waals surface area contributed by atoms with Crippen LogP contribution in [0.5, 0.6) is 5.75 Å². The normalized spacial score (nSPS) is 24.8. The lowest BCUT2D eigenvalue weighted by Gasteiger charge is -2.35. The van der Waals surface area contributed by atoms with E-state index in [0.29, 0.717) is 6.04 Å². The molecule has 2 aliphatic rings. The van der Waals surface area contributed by atoms with Crippen molar-refractivity contribution >= 4 is 0 Å². The highest BCUT2D eigenvalue weighted by Gasteiger charge is 2.29. The molecule has 4 heteroatoms. The Hall–Kier alpha value is -1.62. The number of ether oxygens (including phenoxy) is 2. The summed E-state index contributed by atoms with van der Waals surface area (Å²) in [6.07, 6.45) is 7.36. The maximum atomic E-state index is 11.0. The van der Waals surface area contributed by atoms with Gasteiger partial charge < -0.3 is 14.6 Å². The molecule has 2 atom stereocenters. The summed E-state index contributed by atoms with van der Waals surface area (Å²) in [5.74, 6) is 0.796. The minimum absolute atomic E-state index is 0.411. The number of hydrogen-bond acceptors (Lipinski definition) is 4. The summed E-state index contributed by atoms with van der Waals surface area (Å²) in [4.78, 5) is 2.44. The molecule has 0 spiro atoms. The Morgan fingerprint density at radius 3 is 2.48 bits per heavy atom. The van der Waals surface area contributed by atoms with Gasteiger partial charge in [0, 0.05) is 19.1 Å². The zero-order valence-electron chi connectivity index (χ0n) is 13.9. The third-order valence-corrected chi connectivity index (χ3v) is 4.81. The number of nitrogens with zero attached hydrogens (tertiary/aromatic N) is 1. The second-order valence-electron chi connectivity index (χ2n) is 6.27. The quantitative estimate of drug-likeness (QED) is 0.927. The zero-order valence-corrected chi connectivity index (χ0v) is 13.9. The third kappa shape index (κ3) is 3.50. The Labute approximate surface area is 138 Å². The molecule has 3 rings (SSSR count). The number of methoxy groups -OCH3 is 1. The molecule has 124 valence electrons. The van der Waals surface area contributed by atoms with Crippen molar-refractivity contribution in [3.63, 3.8) is 0 Å². The molecule has 4 nitrogen and oxygen atoms in total. The molecular weight excluding hydrogens is 290 g/mol. The van der Waals surface area contributed by atoms with Gasteiger partial charge in [-0.2, -0.15) is 0 Å². The molecule has 0 radical (unpaired) electrons. The molecule has 23 heavy (non-hydrogen) atoms. The Bertz CT molecular complexity index is 583. The number of aliphatic hydroxyl groups is 1. The van der Waals surface area contributed by atoms with Crippen molar-refractivity contribution in [1.82, 2.24) is 4.90 Å². The van der Waals surface area contributed by atoms with Crippen molar-refractivity contribution in [2.24, 2.45) is 0 Å². The van der Waals surface area contributed by atoms with Gasteiger partial charge in [-0.05, 0) is 36.6 Å². The summed E-state index contributed by atoms with van der Waals surface area (Å²) in [6.45, 7) is 5.43. The Morgan fingerprint density at radius 1 is 1.22 bits per heavy atom. The topological polar surface area (TPSA) is 41.9 Å². The molecule has 2 unspecified atom stereocenters. The van der Waals surface area contributed by atoms with Crippen LogP contribution >= 0.6 is 0 Å². The smallest absolute Gasteiger partial charge is 0.118 e. The first-order chi connectivity index (χ1) is 11.1. The SMILES string of the molecule is COc1ccc(C(C)(O)C2=CCC(N3CCOCC3)C=C2)cc1. The molecule has 0 bridgehead atoms. The largest absolute Gasteiger partial charge is 0.497 e. The van der Waals surface area contributed by atoms with E-state index < -0.39 is 5.60 Å². The van der Waals surface area contributed by atoms with Crippen LogP contribution in [0.2, 0.25) is 0 Å². The fourth-order valence-corrected chi connectivity index (χ4v) is 3.23. The molecule has 1 aliphatic heterocycles. The number of morpholine rings is 1. The van der Waals surface area contributed by atoms with Crippen molar-refractivity contribution in [1.29, 1.82) is 0 Å². The molecule has 1 aromatic rings. The van der Waals surface area contributed by atoms with Crippen LogP contribution in [0.15, 0.2) is 48.1 Å². The van der Waals surface area contributed by atoms with Crippen LogP contribution in [0.4, 0.5) is 0 Å². The maximum absolute atomic E-state index is 11.0. The van der Waals surface area contributed by atoms with Crippen molar-refractivity contribution < 1.29 is 14.6 Å². The van der Waals surface area contributed by atoms with E-state index in [1.54, 1.807) is 7.11 Å². The van der Waals surface area contributed by atoms with Gasteiger partial charge in [-0.15, -0.1) is 0 Å². The van der Waals surface area contributed by atoms with E-state index in [9.17, 15) is 5.11 Å². The average molecular weight is 315 g/mol. The third-order valence-electron chi connectivity index (χ3n) is 4.81. The Kier molecular flexibility index (Phi) is 4.85. The number of benzene rings is 1. The Balaban J connectivity index is 1.71. The minimum Gasteiger partial charge on any atom is -0.497 e. The summed E-state index contributed by atoms with van der Waals surface area (Å²) in [5.41, 5.74) is 0.838. The lowest BCUT2D eigenvalue weighted by molar-refractivity contribution is 0.0254. The number of hydrogen-bond donors (Lipinski definition) is 1. The zero-order chi connectivity index (χ0) is 16.3. The fraction of sp³-hybridized carbons (Fsp3) is 0.474. The van der Waals surface area contributed by atoms with Gasteiger partial charge in [0.1, 0.15) is 11.4 Å². The molecule has 1 fully saturated rings. The first-order valence-corrected chi connectivity index (χ1v) is 8.19. The second-order valence-corrected chi connectivity index (χ2v) is 6.27. The summed E-state index contributed by atoms with van der Waals surface area (Å²) >= 11 is 0. The second kappa shape index (κ2) is 6.87. The molecule has 0 amide bonds. The lowest BCUT2D eigenvalue weighted by atomic mass is 9.84. The van der Waals surface area contributed by atoms with Gasteiger partial charge >= 0.3 is 0 Å². The van der Waals surface area contributed by atoms with Crippen LogP contribution in [0.3, 0.4) is 0 Å². The minimum atomic E-state index is -0.987. The van der Waals surface area contributed by atoms with E-state index in [1.165, 1.54) is 0 Å². The molecule has 1 aliphatic carbocycles. The molecule has 0 saturated carbocycles. The highest BCUT2D eigenvalue weighted by molar-refractivity contribution is 5.41. The summed E-state index contributed by atoms with van der Waals surface area (Å²) in [7, 11) is 1.64. The molecule has 1 aromatic carbocycles. The van der Waals surface area contributed by atoms with Crippen LogP contribution < -0.4 is 4.74 Å². The molecule has 1 saturated heterocycles. The summed E-state index contributed by atoms with van der Waals surface area (Å²) in [5, 5.41) is 11.0. The van der Waals surface area contributed by atoms with E-state index in [2.05, 4.69) is 23.1 Å². The highest BCUT2D eigenvalue weighted by atomic mass is 16.5. The first kappa shape index (κ1) is 16.2. The molecule has 1 N–H and O–H groups in total. The molecule has 0 aromatic heterocycles. The van der Waals surface area contributed by atoms with Gasteiger partial charge in [0.25, 0.3) is 0 Å². The Morgan fingerprint density at radius 2 is 1.91 bits per heavy atom. The van der Waals surface area contributed by atoms with Crippen LogP contribution in [-0.4, -0.2) is 49.5 Å². The molecule has 1 heterocycles. The van der Waals surface area contributed by atoms with Crippen molar-refractivity contribution in [3.8, 4) is 5.75 Å². The van der Waals surface area contributed by atoms with Gasteiger partial charge in [-0.1, -0.05) is 30.4 Å². The van der Waals surface area contributed by atoms with Crippen molar-refractivity contribution in [2.45, 2.75) is 25.0 Å². The fourth-order valence-electron chi connectivity index (χ4n) is 3.23. The van der Waals surface area contributed by atoms with Gasteiger partial charge in [0.15, 0.2) is 0 Å². The van der Waals surface area contributed by atoms with Crippen LogP contribution in [-0.2, 0) is 10.3 Å². The van der Waals surface area contributed by atoms with Gasteiger partial charge in [-0.3, -0.25) is 4.90 Å². The van der Waals surface area contributed by atoms with Crippen molar-refractivity contribution in [3.05, 3.63) is 53.6 Å². The van der Waals surface area contributed by atoms with E-state index in [-0.39, 0.29) is 0 Å². The van der Waals surface area contributed by atoms with Gasteiger partial charge in [0.2, 0.25) is 0 Å². The van der Waals surface area contributed by atoms with E-state index in [4.69, 9.17) is 9.47 Å². The first-order valence-electron chi connectivity index (χ1n) is 8.19. The van der Waals surface area contributed by atoms with E-state index in [1.807, 2.05) is 31.2 Å². The van der Waals surface area contributed by atoms with Crippen LogP contribution in [0.1, 0.15) is 18.9 Å².